The molecule has 3 rings (SSSR count). The van der Waals surface area contributed by atoms with E-state index in [2.05, 4.69) is 10.6 Å². The highest BCUT2D eigenvalue weighted by molar-refractivity contribution is 5.94. The van der Waals surface area contributed by atoms with Gasteiger partial charge in [-0.3, -0.25) is 14.4 Å². The van der Waals surface area contributed by atoms with Crippen LogP contribution in [0.5, 0.6) is 0 Å². The van der Waals surface area contributed by atoms with Crippen LogP contribution in [-0.2, 0) is 9.59 Å². The molecule has 29 heavy (non-hydrogen) atoms. The molecule has 1 heterocycles. The van der Waals surface area contributed by atoms with Crippen molar-refractivity contribution in [1.82, 2.24) is 15.5 Å². The van der Waals surface area contributed by atoms with Crippen LogP contribution in [0.3, 0.4) is 0 Å². The number of rotatable bonds is 7. The van der Waals surface area contributed by atoms with Crippen LogP contribution >= 0.6 is 0 Å². The van der Waals surface area contributed by atoms with Gasteiger partial charge < -0.3 is 15.5 Å². The van der Waals surface area contributed by atoms with E-state index >= 15 is 0 Å². The lowest BCUT2D eigenvalue weighted by Gasteiger charge is -2.25. The molecule has 1 aliphatic rings. The van der Waals surface area contributed by atoms with Gasteiger partial charge in [0.2, 0.25) is 11.8 Å². The molecule has 2 N–H and O–H groups in total. The molecule has 1 saturated heterocycles. The fourth-order valence-corrected chi connectivity index (χ4v) is 3.40. The smallest absolute Gasteiger partial charge is 0.251 e. The molecule has 2 atom stereocenters. The molecule has 2 aromatic rings. The van der Waals surface area contributed by atoms with Crippen LogP contribution in [0.2, 0.25) is 0 Å². The number of carbonyl (C=O) groups excluding carboxylic acids is 3. The maximum absolute atomic E-state index is 12.9. The summed E-state index contributed by atoms with van der Waals surface area (Å²) in [7, 11) is 0. The Kier molecular flexibility index (Phi) is 6.59. The standard InChI is InChI=1S/C22H24FN3O3/c1-15(16-5-3-2-4-6-16)26-14-18(13-20(26)27)22(29)25-12-11-24-21(28)17-7-9-19(23)10-8-17/h2-10,15,18H,11-14H2,1H3,(H,24,28)(H,25,29). The number of likely N-dealkylation sites (tertiary alicyclic amines) is 1. The molecular formula is C22H24FN3O3. The Morgan fingerprint density at radius 3 is 2.41 bits per heavy atom. The number of hydrogen-bond donors (Lipinski definition) is 2. The van der Waals surface area contributed by atoms with E-state index in [1.807, 2.05) is 37.3 Å². The lowest BCUT2D eigenvalue weighted by atomic mass is 10.1. The topological polar surface area (TPSA) is 78.5 Å². The highest BCUT2D eigenvalue weighted by atomic mass is 19.1. The van der Waals surface area contributed by atoms with Crippen LogP contribution in [0.15, 0.2) is 54.6 Å². The van der Waals surface area contributed by atoms with Crippen molar-refractivity contribution in [2.24, 2.45) is 5.92 Å². The van der Waals surface area contributed by atoms with E-state index in [1.165, 1.54) is 24.3 Å². The monoisotopic (exact) mass is 397 g/mol. The fourth-order valence-electron chi connectivity index (χ4n) is 3.40. The van der Waals surface area contributed by atoms with Crippen LogP contribution in [0, 0.1) is 11.7 Å². The Morgan fingerprint density at radius 1 is 1.07 bits per heavy atom. The molecule has 0 radical (unpaired) electrons. The minimum absolute atomic E-state index is 0.0360. The molecule has 1 aliphatic heterocycles. The predicted molar refractivity (Wildman–Crippen MR) is 106 cm³/mol. The van der Waals surface area contributed by atoms with Crippen molar-refractivity contribution in [3.8, 4) is 0 Å². The van der Waals surface area contributed by atoms with Gasteiger partial charge in [-0.2, -0.15) is 0 Å². The molecule has 1 fully saturated rings. The summed E-state index contributed by atoms with van der Waals surface area (Å²) < 4.78 is 12.9. The molecule has 0 bridgehead atoms. The molecule has 3 amide bonds. The van der Waals surface area contributed by atoms with Crippen molar-refractivity contribution in [1.29, 1.82) is 0 Å². The summed E-state index contributed by atoms with van der Waals surface area (Å²) in [6.45, 7) is 2.83. The van der Waals surface area contributed by atoms with Gasteiger partial charge in [0.15, 0.2) is 0 Å². The summed E-state index contributed by atoms with van der Waals surface area (Å²) in [4.78, 5) is 38.5. The average molecular weight is 397 g/mol. The largest absolute Gasteiger partial charge is 0.354 e. The van der Waals surface area contributed by atoms with Crippen LogP contribution in [0.25, 0.3) is 0 Å². The first-order chi connectivity index (χ1) is 14.0. The second-order valence-electron chi connectivity index (χ2n) is 7.09. The Hall–Kier alpha value is -3.22. The third kappa shape index (κ3) is 5.19. The molecule has 2 aromatic carbocycles. The Labute approximate surface area is 169 Å². The van der Waals surface area contributed by atoms with E-state index < -0.39 is 11.7 Å². The zero-order valence-corrected chi connectivity index (χ0v) is 16.2. The van der Waals surface area contributed by atoms with E-state index in [0.717, 1.165) is 5.56 Å². The van der Waals surface area contributed by atoms with Gasteiger partial charge in [0.05, 0.1) is 12.0 Å². The van der Waals surface area contributed by atoms with E-state index in [-0.39, 0.29) is 43.3 Å². The summed E-state index contributed by atoms with van der Waals surface area (Å²) in [5.41, 5.74) is 1.38. The molecule has 0 aliphatic carbocycles. The van der Waals surface area contributed by atoms with Gasteiger partial charge >= 0.3 is 0 Å². The van der Waals surface area contributed by atoms with Crippen molar-refractivity contribution in [2.75, 3.05) is 19.6 Å². The van der Waals surface area contributed by atoms with E-state index in [4.69, 9.17) is 0 Å². The maximum Gasteiger partial charge on any atom is 0.251 e. The van der Waals surface area contributed by atoms with E-state index in [9.17, 15) is 18.8 Å². The zero-order chi connectivity index (χ0) is 20.8. The Morgan fingerprint density at radius 2 is 1.72 bits per heavy atom. The van der Waals surface area contributed by atoms with E-state index in [1.54, 1.807) is 4.90 Å². The molecule has 6 nitrogen and oxygen atoms in total. The molecule has 152 valence electrons. The van der Waals surface area contributed by atoms with Crippen molar-refractivity contribution in [3.05, 3.63) is 71.5 Å². The SMILES string of the molecule is CC(c1ccccc1)N1CC(C(=O)NCCNC(=O)c2ccc(F)cc2)CC1=O. The third-order valence-corrected chi connectivity index (χ3v) is 5.09. The fraction of sp³-hybridized carbons (Fsp3) is 0.318. The molecule has 2 unspecified atom stereocenters. The lowest BCUT2D eigenvalue weighted by molar-refractivity contribution is -0.130. The predicted octanol–water partition coefficient (Wildman–Crippen LogP) is 2.28. The van der Waals surface area contributed by atoms with Gasteiger partial charge in [-0.1, -0.05) is 30.3 Å². The van der Waals surface area contributed by atoms with Crippen molar-refractivity contribution >= 4 is 17.7 Å². The number of amides is 3. The summed E-state index contributed by atoms with van der Waals surface area (Å²) in [5, 5.41) is 5.44. The average Bonchev–Trinajstić information content (AvgIpc) is 3.13. The highest BCUT2D eigenvalue weighted by Crippen LogP contribution is 2.28. The molecule has 0 spiro atoms. The van der Waals surface area contributed by atoms with Gasteiger partial charge in [0.25, 0.3) is 5.91 Å². The highest BCUT2D eigenvalue weighted by Gasteiger charge is 2.36. The maximum atomic E-state index is 12.9. The quantitative estimate of drug-likeness (QED) is 0.704. The van der Waals surface area contributed by atoms with Gasteiger partial charge in [0.1, 0.15) is 5.82 Å². The van der Waals surface area contributed by atoms with Gasteiger partial charge in [0, 0.05) is 31.6 Å². The molecule has 0 aromatic heterocycles. The van der Waals surface area contributed by atoms with Crippen molar-refractivity contribution in [3.63, 3.8) is 0 Å². The second kappa shape index (κ2) is 9.32. The van der Waals surface area contributed by atoms with Crippen LogP contribution < -0.4 is 10.6 Å². The summed E-state index contributed by atoms with van der Waals surface area (Å²) in [6, 6.07) is 14.9. The van der Waals surface area contributed by atoms with Gasteiger partial charge in [-0.25, -0.2) is 4.39 Å². The van der Waals surface area contributed by atoms with Crippen LogP contribution in [-0.4, -0.2) is 42.3 Å². The molecule has 7 heteroatoms. The number of benzene rings is 2. The summed E-state index contributed by atoms with van der Waals surface area (Å²) >= 11 is 0. The first kappa shape index (κ1) is 20.5. The third-order valence-electron chi connectivity index (χ3n) is 5.09. The van der Waals surface area contributed by atoms with Gasteiger partial charge in [-0.05, 0) is 36.8 Å². The summed E-state index contributed by atoms with van der Waals surface area (Å²) in [5.74, 6) is -1.38. The van der Waals surface area contributed by atoms with Crippen LogP contribution in [0.4, 0.5) is 4.39 Å². The molecular weight excluding hydrogens is 373 g/mol. The summed E-state index contributed by atoms with van der Waals surface area (Å²) in [6.07, 6.45) is 0.185. The number of nitrogens with zero attached hydrogens (tertiary/aromatic N) is 1. The minimum Gasteiger partial charge on any atom is -0.354 e. The molecule has 0 saturated carbocycles. The number of carbonyl (C=O) groups is 3. The number of hydrogen-bond acceptors (Lipinski definition) is 3. The van der Waals surface area contributed by atoms with E-state index in [0.29, 0.717) is 12.1 Å². The normalized spacial score (nSPS) is 17.1. The zero-order valence-electron chi connectivity index (χ0n) is 16.2. The van der Waals surface area contributed by atoms with Crippen LogP contribution in [0.1, 0.15) is 35.3 Å². The first-order valence-corrected chi connectivity index (χ1v) is 9.61. The number of halogens is 1. The first-order valence-electron chi connectivity index (χ1n) is 9.61. The van der Waals surface area contributed by atoms with Crippen molar-refractivity contribution in [2.45, 2.75) is 19.4 Å². The lowest BCUT2D eigenvalue weighted by Crippen LogP contribution is -2.38. The number of nitrogens with one attached hydrogen (secondary N) is 2. The van der Waals surface area contributed by atoms with Crippen molar-refractivity contribution < 1.29 is 18.8 Å². The Bertz CT molecular complexity index is 871. The van der Waals surface area contributed by atoms with Gasteiger partial charge in [-0.15, -0.1) is 0 Å². The second-order valence-corrected chi connectivity index (χ2v) is 7.09. The Balaban J connectivity index is 1.43. The minimum atomic E-state index is -0.407.